The molecular formula is C11H21NO2. The van der Waals surface area contributed by atoms with Gasteiger partial charge in [-0.25, -0.2) is 0 Å². The maximum absolute atomic E-state index is 9.63. The molecule has 2 fully saturated rings. The van der Waals surface area contributed by atoms with Gasteiger partial charge in [-0.05, 0) is 18.8 Å². The zero-order valence-electron chi connectivity index (χ0n) is 8.73. The lowest BCUT2D eigenvalue weighted by molar-refractivity contribution is 0.103. The molecule has 3 heteroatoms. The summed E-state index contributed by atoms with van der Waals surface area (Å²) in [5.41, 5.74) is 0. The van der Waals surface area contributed by atoms with Crippen LogP contribution < -0.4 is 0 Å². The third-order valence-corrected chi connectivity index (χ3v) is 3.71. The molecule has 1 heterocycles. The molecule has 2 N–H and O–H groups in total. The molecule has 0 bridgehead atoms. The second-order valence-electron chi connectivity index (χ2n) is 4.88. The Kier molecular flexibility index (Phi) is 3.42. The van der Waals surface area contributed by atoms with Gasteiger partial charge in [-0.3, -0.25) is 0 Å². The fourth-order valence-corrected chi connectivity index (χ4v) is 2.83. The molecule has 1 saturated heterocycles. The molecule has 1 aliphatic carbocycles. The number of hydrogen-bond donors (Lipinski definition) is 2. The second-order valence-corrected chi connectivity index (χ2v) is 4.88. The lowest BCUT2D eigenvalue weighted by Gasteiger charge is -2.19. The van der Waals surface area contributed by atoms with Gasteiger partial charge in [-0.1, -0.05) is 12.8 Å². The Balaban J connectivity index is 1.77. The summed E-state index contributed by atoms with van der Waals surface area (Å²) >= 11 is 0. The summed E-state index contributed by atoms with van der Waals surface area (Å²) in [6, 6.07) is 0. The summed E-state index contributed by atoms with van der Waals surface area (Å²) in [5, 5.41) is 18.7. The van der Waals surface area contributed by atoms with E-state index in [0.717, 1.165) is 25.6 Å². The number of aliphatic hydroxyl groups is 2. The van der Waals surface area contributed by atoms with Gasteiger partial charge < -0.3 is 15.1 Å². The molecule has 14 heavy (non-hydrogen) atoms. The molecule has 0 spiro atoms. The van der Waals surface area contributed by atoms with Gasteiger partial charge >= 0.3 is 0 Å². The molecule has 1 saturated carbocycles. The van der Waals surface area contributed by atoms with Crippen molar-refractivity contribution in [2.75, 3.05) is 26.2 Å². The molecule has 0 aromatic heterocycles. The SMILES string of the molecule is OCC1CN(CC2CCCC2)CC1O. The van der Waals surface area contributed by atoms with E-state index in [4.69, 9.17) is 5.11 Å². The summed E-state index contributed by atoms with van der Waals surface area (Å²) in [6.45, 7) is 2.91. The number of hydrogen-bond acceptors (Lipinski definition) is 3. The molecule has 2 rings (SSSR count). The van der Waals surface area contributed by atoms with E-state index < -0.39 is 0 Å². The van der Waals surface area contributed by atoms with Crippen LogP contribution in [0.1, 0.15) is 25.7 Å². The predicted octanol–water partition coefficient (Wildman–Crippen LogP) is 0.462. The van der Waals surface area contributed by atoms with E-state index in [-0.39, 0.29) is 18.6 Å². The van der Waals surface area contributed by atoms with Crippen molar-refractivity contribution in [1.29, 1.82) is 0 Å². The largest absolute Gasteiger partial charge is 0.396 e. The Morgan fingerprint density at radius 3 is 2.43 bits per heavy atom. The van der Waals surface area contributed by atoms with Crippen molar-refractivity contribution in [3.05, 3.63) is 0 Å². The maximum Gasteiger partial charge on any atom is 0.0729 e. The summed E-state index contributed by atoms with van der Waals surface area (Å²) < 4.78 is 0. The standard InChI is InChI=1S/C11H21NO2/c13-8-10-6-12(7-11(10)14)5-9-3-1-2-4-9/h9-11,13-14H,1-8H2. The third kappa shape index (κ3) is 2.27. The summed E-state index contributed by atoms with van der Waals surface area (Å²) in [4.78, 5) is 2.32. The number of β-amino-alcohol motifs (C(OH)–C–C–N with tert-alkyl or cyclic N) is 1. The molecule has 0 radical (unpaired) electrons. The summed E-state index contributed by atoms with van der Waals surface area (Å²) in [6.07, 6.45) is 5.17. The van der Waals surface area contributed by atoms with Gasteiger partial charge in [0.15, 0.2) is 0 Å². The molecule has 3 nitrogen and oxygen atoms in total. The van der Waals surface area contributed by atoms with E-state index in [1.54, 1.807) is 0 Å². The van der Waals surface area contributed by atoms with Crippen LogP contribution in [0.5, 0.6) is 0 Å². The minimum atomic E-state index is -0.304. The Hall–Kier alpha value is -0.120. The molecule has 2 aliphatic rings. The maximum atomic E-state index is 9.63. The number of rotatable bonds is 3. The predicted molar refractivity (Wildman–Crippen MR) is 55.0 cm³/mol. The molecule has 0 aromatic carbocycles. The first kappa shape index (κ1) is 10.4. The van der Waals surface area contributed by atoms with Crippen molar-refractivity contribution in [3.8, 4) is 0 Å². The Bertz CT molecular complexity index is 180. The first-order valence-corrected chi connectivity index (χ1v) is 5.81. The molecule has 82 valence electrons. The summed E-state index contributed by atoms with van der Waals surface area (Å²) in [5.74, 6) is 0.941. The third-order valence-electron chi connectivity index (χ3n) is 3.71. The van der Waals surface area contributed by atoms with Gasteiger partial charge in [0.25, 0.3) is 0 Å². The first-order valence-electron chi connectivity index (χ1n) is 5.81. The van der Waals surface area contributed by atoms with Crippen LogP contribution in [-0.4, -0.2) is 47.5 Å². The van der Waals surface area contributed by atoms with E-state index in [0.29, 0.717) is 0 Å². The van der Waals surface area contributed by atoms with Gasteiger partial charge in [0.05, 0.1) is 6.10 Å². The quantitative estimate of drug-likeness (QED) is 0.694. The average molecular weight is 199 g/mol. The lowest BCUT2D eigenvalue weighted by atomic mass is 10.1. The van der Waals surface area contributed by atoms with E-state index in [9.17, 15) is 5.11 Å². The highest BCUT2D eigenvalue weighted by Crippen LogP contribution is 2.27. The van der Waals surface area contributed by atoms with Gasteiger partial charge in [0.1, 0.15) is 0 Å². The highest BCUT2D eigenvalue weighted by atomic mass is 16.3. The van der Waals surface area contributed by atoms with E-state index >= 15 is 0 Å². The molecule has 2 unspecified atom stereocenters. The molecule has 0 amide bonds. The molecular weight excluding hydrogens is 178 g/mol. The monoisotopic (exact) mass is 199 g/mol. The fraction of sp³-hybridized carbons (Fsp3) is 1.00. The topological polar surface area (TPSA) is 43.7 Å². The highest BCUT2D eigenvalue weighted by Gasteiger charge is 2.32. The van der Waals surface area contributed by atoms with Crippen LogP contribution in [0, 0.1) is 11.8 Å². The van der Waals surface area contributed by atoms with Crippen molar-refractivity contribution in [3.63, 3.8) is 0 Å². The van der Waals surface area contributed by atoms with Crippen LogP contribution in [0.25, 0.3) is 0 Å². The molecule has 2 atom stereocenters. The Labute approximate surface area is 85.7 Å². The number of nitrogens with zero attached hydrogens (tertiary/aromatic N) is 1. The Morgan fingerprint density at radius 2 is 1.86 bits per heavy atom. The van der Waals surface area contributed by atoms with Crippen molar-refractivity contribution in [1.82, 2.24) is 4.90 Å². The molecule has 1 aliphatic heterocycles. The minimum Gasteiger partial charge on any atom is -0.396 e. The van der Waals surface area contributed by atoms with E-state index in [1.807, 2.05) is 0 Å². The van der Waals surface area contributed by atoms with Crippen LogP contribution in [0.2, 0.25) is 0 Å². The van der Waals surface area contributed by atoms with E-state index in [1.165, 1.54) is 25.7 Å². The van der Waals surface area contributed by atoms with Crippen LogP contribution in [0.3, 0.4) is 0 Å². The zero-order valence-corrected chi connectivity index (χ0v) is 8.73. The summed E-state index contributed by atoms with van der Waals surface area (Å²) in [7, 11) is 0. The second kappa shape index (κ2) is 4.60. The van der Waals surface area contributed by atoms with Gasteiger partial charge in [0, 0.05) is 32.2 Å². The van der Waals surface area contributed by atoms with Crippen molar-refractivity contribution in [2.24, 2.45) is 11.8 Å². The molecule has 0 aromatic rings. The van der Waals surface area contributed by atoms with Gasteiger partial charge in [-0.15, -0.1) is 0 Å². The van der Waals surface area contributed by atoms with Crippen molar-refractivity contribution in [2.45, 2.75) is 31.8 Å². The van der Waals surface area contributed by atoms with Crippen molar-refractivity contribution < 1.29 is 10.2 Å². The van der Waals surface area contributed by atoms with Crippen LogP contribution in [-0.2, 0) is 0 Å². The van der Waals surface area contributed by atoms with Crippen LogP contribution in [0.15, 0.2) is 0 Å². The van der Waals surface area contributed by atoms with E-state index in [2.05, 4.69) is 4.90 Å². The van der Waals surface area contributed by atoms with Crippen LogP contribution in [0.4, 0.5) is 0 Å². The highest BCUT2D eigenvalue weighted by molar-refractivity contribution is 4.85. The lowest BCUT2D eigenvalue weighted by Crippen LogP contribution is -2.27. The smallest absolute Gasteiger partial charge is 0.0729 e. The number of aliphatic hydroxyl groups excluding tert-OH is 2. The first-order chi connectivity index (χ1) is 6.79. The normalized spacial score (nSPS) is 35.6. The van der Waals surface area contributed by atoms with Gasteiger partial charge in [-0.2, -0.15) is 0 Å². The zero-order chi connectivity index (χ0) is 9.97. The minimum absolute atomic E-state index is 0.0939. The van der Waals surface area contributed by atoms with Crippen LogP contribution >= 0.6 is 0 Å². The average Bonchev–Trinajstić information content (AvgIpc) is 2.76. The Morgan fingerprint density at radius 1 is 1.14 bits per heavy atom. The number of likely N-dealkylation sites (tertiary alicyclic amines) is 1. The van der Waals surface area contributed by atoms with Gasteiger partial charge in [0.2, 0.25) is 0 Å². The fourth-order valence-electron chi connectivity index (χ4n) is 2.83. The van der Waals surface area contributed by atoms with Crippen molar-refractivity contribution >= 4 is 0 Å².